The average molecular weight is 302 g/mol. The molecule has 2 aromatic rings. The van der Waals surface area contributed by atoms with Crippen LogP contribution in [0.4, 0.5) is 15.9 Å². The van der Waals surface area contributed by atoms with E-state index in [-0.39, 0.29) is 5.82 Å². The number of hydrogen-bond donors (Lipinski definition) is 1. The van der Waals surface area contributed by atoms with Crippen LogP contribution in [0.1, 0.15) is 0 Å². The van der Waals surface area contributed by atoms with Crippen LogP contribution in [0.2, 0.25) is 5.02 Å². The first kappa shape index (κ1) is 11.4. The Morgan fingerprint density at radius 2 is 2.12 bits per heavy atom. The van der Waals surface area contributed by atoms with Gasteiger partial charge in [-0.15, -0.1) is 0 Å². The monoisotopic (exact) mass is 300 g/mol. The van der Waals surface area contributed by atoms with Crippen molar-refractivity contribution in [3.05, 3.63) is 51.8 Å². The number of hydrogen-bond acceptors (Lipinski definition) is 2. The highest BCUT2D eigenvalue weighted by Crippen LogP contribution is 2.25. The second-order valence-electron chi connectivity index (χ2n) is 3.12. The maximum absolute atomic E-state index is 12.9. The SMILES string of the molecule is Fc1cccc(Nc2ncc(Br)cc2Cl)c1. The van der Waals surface area contributed by atoms with Crippen LogP contribution in [0.25, 0.3) is 0 Å². The van der Waals surface area contributed by atoms with E-state index in [9.17, 15) is 4.39 Å². The third-order valence-corrected chi connectivity index (χ3v) is 2.62. The van der Waals surface area contributed by atoms with Crippen LogP contribution in [-0.2, 0) is 0 Å². The number of pyridine rings is 1. The fourth-order valence-electron chi connectivity index (χ4n) is 1.21. The minimum Gasteiger partial charge on any atom is -0.339 e. The van der Waals surface area contributed by atoms with Crippen molar-refractivity contribution >= 4 is 39.0 Å². The van der Waals surface area contributed by atoms with E-state index in [2.05, 4.69) is 26.2 Å². The van der Waals surface area contributed by atoms with E-state index in [0.29, 0.717) is 16.5 Å². The van der Waals surface area contributed by atoms with Crippen LogP contribution in [0.5, 0.6) is 0 Å². The van der Waals surface area contributed by atoms with Gasteiger partial charge in [0.15, 0.2) is 0 Å². The zero-order valence-corrected chi connectivity index (χ0v) is 10.4. The normalized spacial score (nSPS) is 10.2. The number of nitrogens with one attached hydrogen (secondary N) is 1. The summed E-state index contributed by atoms with van der Waals surface area (Å²) in [5.74, 6) is 0.189. The molecule has 1 aromatic carbocycles. The molecule has 0 radical (unpaired) electrons. The Kier molecular flexibility index (Phi) is 3.41. The summed E-state index contributed by atoms with van der Waals surface area (Å²) in [6.45, 7) is 0. The Morgan fingerprint density at radius 1 is 1.31 bits per heavy atom. The minimum absolute atomic E-state index is 0.307. The molecule has 5 heteroatoms. The van der Waals surface area contributed by atoms with Crippen molar-refractivity contribution in [2.24, 2.45) is 0 Å². The van der Waals surface area contributed by atoms with Gasteiger partial charge in [-0.1, -0.05) is 17.7 Å². The zero-order chi connectivity index (χ0) is 11.5. The number of halogens is 3. The van der Waals surface area contributed by atoms with Gasteiger partial charge in [0.25, 0.3) is 0 Å². The quantitative estimate of drug-likeness (QED) is 0.890. The molecule has 0 aliphatic heterocycles. The highest BCUT2D eigenvalue weighted by molar-refractivity contribution is 9.10. The molecular formula is C11H7BrClFN2. The fourth-order valence-corrected chi connectivity index (χ4v) is 1.89. The molecule has 1 aromatic heterocycles. The van der Waals surface area contributed by atoms with Crippen LogP contribution in [0, 0.1) is 5.82 Å². The second-order valence-corrected chi connectivity index (χ2v) is 4.44. The average Bonchev–Trinajstić information content (AvgIpc) is 2.22. The molecule has 0 bridgehead atoms. The molecule has 0 spiro atoms. The maximum Gasteiger partial charge on any atom is 0.149 e. The van der Waals surface area contributed by atoms with Crippen molar-refractivity contribution in [2.75, 3.05) is 5.32 Å². The third-order valence-electron chi connectivity index (χ3n) is 1.90. The van der Waals surface area contributed by atoms with Crippen molar-refractivity contribution in [2.45, 2.75) is 0 Å². The predicted molar refractivity (Wildman–Crippen MR) is 66.6 cm³/mol. The largest absolute Gasteiger partial charge is 0.339 e. The number of aromatic nitrogens is 1. The smallest absolute Gasteiger partial charge is 0.149 e. The van der Waals surface area contributed by atoms with E-state index < -0.39 is 0 Å². The molecule has 2 rings (SSSR count). The van der Waals surface area contributed by atoms with Gasteiger partial charge in [0.05, 0.1) is 5.02 Å². The van der Waals surface area contributed by atoms with E-state index in [4.69, 9.17) is 11.6 Å². The van der Waals surface area contributed by atoms with E-state index in [1.807, 2.05) is 0 Å². The van der Waals surface area contributed by atoms with Gasteiger partial charge < -0.3 is 5.32 Å². The Hall–Kier alpha value is -1.13. The summed E-state index contributed by atoms with van der Waals surface area (Å²) in [5, 5.41) is 3.41. The first-order valence-corrected chi connectivity index (χ1v) is 5.66. The Morgan fingerprint density at radius 3 is 2.81 bits per heavy atom. The molecule has 0 aliphatic carbocycles. The van der Waals surface area contributed by atoms with Gasteiger partial charge in [-0.3, -0.25) is 0 Å². The van der Waals surface area contributed by atoms with E-state index in [0.717, 1.165) is 4.47 Å². The van der Waals surface area contributed by atoms with Crippen LogP contribution < -0.4 is 5.32 Å². The van der Waals surface area contributed by atoms with Crippen molar-refractivity contribution in [3.8, 4) is 0 Å². The Balaban J connectivity index is 2.27. The summed E-state index contributed by atoms with van der Waals surface area (Å²) in [6, 6.07) is 7.82. The maximum atomic E-state index is 12.9. The van der Waals surface area contributed by atoms with Crippen molar-refractivity contribution < 1.29 is 4.39 Å². The molecule has 0 saturated heterocycles. The first-order chi connectivity index (χ1) is 7.65. The van der Waals surface area contributed by atoms with Gasteiger partial charge in [0.2, 0.25) is 0 Å². The van der Waals surface area contributed by atoms with Gasteiger partial charge in [0.1, 0.15) is 11.6 Å². The number of anilines is 2. The summed E-state index contributed by atoms with van der Waals surface area (Å²) in [6.07, 6.45) is 1.62. The predicted octanol–water partition coefficient (Wildman–Crippen LogP) is 4.38. The Labute approximate surface area is 106 Å². The van der Waals surface area contributed by atoms with E-state index in [1.165, 1.54) is 12.1 Å². The lowest BCUT2D eigenvalue weighted by molar-refractivity contribution is 0.628. The van der Waals surface area contributed by atoms with E-state index >= 15 is 0 Å². The molecule has 0 atom stereocenters. The third kappa shape index (κ3) is 2.71. The lowest BCUT2D eigenvalue weighted by atomic mass is 10.3. The molecule has 82 valence electrons. The Bertz CT molecular complexity index is 519. The molecule has 2 nitrogen and oxygen atoms in total. The van der Waals surface area contributed by atoms with Crippen LogP contribution >= 0.6 is 27.5 Å². The van der Waals surface area contributed by atoms with Gasteiger partial charge in [-0.05, 0) is 40.2 Å². The molecule has 0 fully saturated rings. The second kappa shape index (κ2) is 4.80. The number of nitrogens with zero attached hydrogens (tertiary/aromatic N) is 1. The van der Waals surface area contributed by atoms with Gasteiger partial charge in [-0.25, -0.2) is 9.37 Å². The van der Waals surface area contributed by atoms with Gasteiger partial charge >= 0.3 is 0 Å². The zero-order valence-electron chi connectivity index (χ0n) is 8.05. The summed E-state index contributed by atoms with van der Waals surface area (Å²) in [7, 11) is 0. The van der Waals surface area contributed by atoms with Gasteiger partial charge in [0, 0.05) is 16.4 Å². The highest BCUT2D eigenvalue weighted by Gasteiger charge is 2.03. The molecule has 0 saturated carbocycles. The fraction of sp³-hybridized carbons (Fsp3) is 0. The number of rotatable bonds is 2. The highest BCUT2D eigenvalue weighted by atomic mass is 79.9. The molecule has 0 aliphatic rings. The van der Waals surface area contributed by atoms with Crippen LogP contribution in [0.15, 0.2) is 41.0 Å². The minimum atomic E-state index is -0.307. The molecule has 1 N–H and O–H groups in total. The van der Waals surface area contributed by atoms with Crippen molar-refractivity contribution in [1.29, 1.82) is 0 Å². The molecule has 1 heterocycles. The summed E-state index contributed by atoms with van der Waals surface area (Å²) in [5.41, 5.74) is 0.608. The first-order valence-electron chi connectivity index (χ1n) is 4.49. The molecule has 0 amide bonds. The topological polar surface area (TPSA) is 24.9 Å². The number of benzene rings is 1. The summed E-state index contributed by atoms with van der Waals surface area (Å²) in [4.78, 5) is 4.09. The summed E-state index contributed by atoms with van der Waals surface area (Å²) >= 11 is 9.23. The van der Waals surface area contributed by atoms with Crippen molar-refractivity contribution in [1.82, 2.24) is 4.98 Å². The summed E-state index contributed by atoms with van der Waals surface area (Å²) < 4.78 is 13.7. The molecular weight excluding hydrogens is 294 g/mol. The lowest BCUT2D eigenvalue weighted by Crippen LogP contribution is -1.94. The van der Waals surface area contributed by atoms with E-state index in [1.54, 1.807) is 24.4 Å². The van der Waals surface area contributed by atoms with Crippen LogP contribution in [0.3, 0.4) is 0 Å². The van der Waals surface area contributed by atoms with Crippen LogP contribution in [-0.4, -0.2) is 4.98 Å². The standard InChI is InChI=1S/C11H7BrClFN2/c12-7-4-10(13)11(15-6-7)16-9-3-1-2-8(14)5-9/h1-6H,(H,15,16). The van der Waals surface area contributed by atoms with Crippen molar-refractivity contribution in [3.63, 3.8) is 0 Å². The van der Waals surface area contributed by atoms with Gasteiger partial charge in [-0.2, -0.15) is 0 Å². The lowest BCUT2D eigenvalue weighted by Gasteiger charge is -2.07. The molecule has 0 unspecified atom stereocenters. The molecule has 16 heavy (non-hydrogen) atoms.